The predicted molar refractivity (Wildman–Crippen MR) is 107 cm³/mol. The number of nitro groups is 1. The van der Waals surface area contributed by atoms with Gasteiger partial charge in [-0.25, -0.2) is 0 Å². The molecule has 0 spiro atoms. The largest absolute Gasteiger partial charge is 0.368 e. The molecule has 1 heterocycles. The van der Waals surface area contributed by atoms with Crippen molar-refractivity contribution in [1.82, 2.24) is 4.90 Å². The summed E-state index contributed by atoms with van der Waals surface area (Å²) < 4.78 is 0. The number of halogens is 2. The lowest BCUT2D eigenvalue weighted by Gasteiger charge is -2.35. The van der Waals surface area contributed by atoms with Crippen molar-refractivity contribution in [3.05, 3.63) is 74.3 Å². The number of rotatable bonds is 4. The normalized spacial score (nSPS) is 14.6. The second-order valence-corrected chi connectivity index (χ2v) is 6.87. The number of amides is 1. The van der Waals surface area contributed by atoms with Gasteiger partial charge < -0.3 is 9.80 Å². The Kier molecular flexibility index (Phi) is 5.98. The van der Waals surface area contributed by atoms with Crippen molar-refractivity contribution >= 4 is 46.6 Å². The van der Waals surface area contributed by atoms with Crippen molar-refractivity contribution in [2.45, 2.75) is 0 Å². The Labute approximate surface area is 166 Å². The van der Waals surface area contributed by atoms with Gasteiger partial charge in [-0.3, -0.25) is 14.9 Å². The van der Waals surface area contributed by atoms with Crippen LogP contribution in [0, 0.1) is 10.1 Å². The van der Waals surface area contributed by atoms with Crippen molar-refractivity contribution in [3.8, 4) is 0 Å². The van der Waals surface area contributed by atoms with Crippen LogP contribution in [0.15, 0.2) is 48.5 Å². The van der Waals surface area contributed by atoms with E-state index < -0.39 is 4.92 Å². The summed E-state index contributed by atoms with van der Waals surface area (Å²) in [5.74, 6) is -0.102. The van der Waals surface area contributed by atoms with E-state index in [1.54, 1.807) is 41.3 Å². The summed E-state index contributed by atoms with van der Waals surface area (Å²) in [5, 5.41) is 11.7. The molecule has 3 rings (SSSR count). The molecular formula is C19H17Cl2N3O3. The van der Waals surface area contributed by atoms with E-state index in [4.69, 9.17) is 23.2 Å². The fourth-order valence-electron chi connectivity index (χ4n) is 2.90. The Bertz CT molecular complexity index is 856. The van der Waals surface area contributed by atoms with E-state index >= 15 is 0 Å². The average molecular weight is 406 g/mol. The summed E-state index contributed by atoms with van der Waals surface area (Å²) in [6.45, 7) is 2.45. The number of nitrogens with zero attached hydrogens (tertiary/aromatic N) is 3. The van der Waals surface area contributed by atoms with Crippen molar-refractivity contribution in [1.29, 1.82) is 0 Å². The average Bonchev–Trinajstić information content (AvgIpc) is 2.67. The molecule has 1 saturated heterocycles. The maximum absolute atomic E-state index is 12.4. The number of hydrogen-bond donors (Lipinski definition) is 0. The van der Waals surface area contributed by atoms with E-state index in [-0.39, 0.29) is 11.6 Å². The van der Waals surface area contributed by atoms with Gasteiger partial charge in [-0.15, -0.1) is 0 Å². The summed E-state index contributed by atoms with van der Waals surface area (Å²) in [5.41, 5.74) is 1.60. The summed E-state index contributed by atoms with van der Waals surface area (Å²) in [7, 11) is 0. The summed E-state index contributed by atoms with van der Waals surface area (Å²) >= 11 is 12.2. The minimum Gasteiger partial charge on any atom is -0.368 e. The summed E-state index contributed by atoms with van der Waals surface area (Å²) in [6, 6.07) is 11.6. The molecule has 0 radical (unpaired) electrons. The van der Waals surface area contributed by atoms with Crippen LogP contribution in [-0.4, -0.2) is 41.9 Å². The number of nitro benzene ring substituents is 1. The fraction of sp³-hybridized carbons (Fsp3) is 0.211. The lowest BCUT2D eigenvalue weighted by atomic mass is 10.2. The standard InChI is InChI=1S/C19H17Cl2N3O3/c20-17-2-1-3-18(21)16(17)8-9-19(25)23-12-10-22(11-13-23)14-4-6-15(7-5-14)24(26)27/h1-9H,10-13H2/b9-8+. The first-order valence-electron chi connectivity index (χ1n) is 8.36. The first-order chi connectivity index (χ1) is 13.0. The third-order valence-electron chi connectivity index (χ3n) is 4.41. The molecule has 1 aliphatic heterocycles. The van der Waals surface area contributed by atoms with Gasteiger partial charge in [0.25, 0.3) is 5.69 Å². The summed E-state index contributed by atoms with van der Waals surface area (Å²) in [4.78, 5) is 26.6. The van der Waals surface area contributed by atoms with E-state index in [1.807, 2.05) is 0 Å². The highest BCUT2D eigenvalue weighted by Crippen LogP contribution is 2.25. The zero-order valence-electron chi connectivity index (χ0n) is 14.3. The van der Waals surface area contributed by atoms with Crippen molar-refractivity contribution < 1.29 is 9.72 Å². The maximum Gasteiger partial charge on any atom is 0.269 e. The molecule has 0 unspecified atom stereocenters. The Hall–Kier alpha value is -2.57. The van der Waals surface area contributed by atoms with E-state index in [0.717, 1.165) is 5.69 Å². The Morgan fingerprint density at radius 3 is 2.15 bits per heavy atom. The van der Waals surface area contributed by atoms with Crippen LogP contribution in [0.5, 0.6) is 0 Å². The topological polar surface area (TPSA) is 66.7 Å². The first-order valence-corrected chi connectivity index (χ1v) is 9.11. The molecule has 1 aliphatic rings. The van der Waals surface area contributed by atoms with Crippen molar-refractivity contribution in [3.63, 3.8) is 0 Å². The first kappa shape index (κ1) is 19.2. The molecule has 0 N–H and O–H groups in total. The molecule has 6 nitrogen and oxygen atoms in total. The second-order valence-electron chi connectivity index (χ2n) is 6.05. The lowest BCUT2D eigenvalue weighted by molar-refractivity contribution is -0.384. The second kappa shape index (κ2) is 8.41. The lowest BCUT2D eigenvalue weighted by Crippen LogP contribution is -2.48. The highest BCUT2D eigenvalue weighted by molar-refractivity contribution is 6.37. The van der Waals surface area contributed by atoms with Gasteiger partial charge in [-0.05, 0) is 30.3 Å². The number of hydrogen-bond acceptors (Lipinski definition) is 4. The van der Waals surface area contributed by atoms with Gasteiger partial charge in [0.15, 0.2) is 0 Å². The number of non-ortho nitro benzene ring substituents is 1. The van der Waals surface area contributed by atoms with Gasteiger partial charge in [0.1, 0.15) is 0 Å². The molecule has 0 bridgehead atoms. The van der Waals surface area contributed by atoms with Crippen LogP contribution in [0.2, 0.25) is 10.0 Å². The molecule has 0 aromatic heterocycles. The van der Waals surface area contributed by atoms with Crippen molar-refractivity contribution in [2.75, 3.05) is 31.1 Å². The third-order valence-corrected chi connectivity index (χ3v) is 5.07. The van der Waals surface area contributed by atoms with E-state index in [1.165, 1.54) is 18.2 Å². The minimum atomic E-state index is -0.419. The van der Waals surface area contributed by atoms with Crippen LogP contribution < -0.4 is 4.90 Å². The Morgan fingerprint density at radius 1 is 1.00 bits per heavy atom. The molecule has 0 atom stereocenters. The number of piperazine rings is 1. The molecule has 2 aromatic rings. The quantitative estimate of drug-likeness (QED) is 0.432. The van der Waals surface area contributed by atoms with E-state index in [2.05, 4.69) is 4.90 Å². The number of anilines is 1. The van der Waals surface area contributed by atoms with Crippen LogP contribution >= 0.6 is 23.2 Å². The van der Waals surface area contributed by atoms with Crippen LogP contribution in [-0.2, 0) is 4.79 Å². The van der Waals surface area contributed by atoms with E-state index in [0.29, 0.717) is 41.8 Å². The Balaban J connectivity index is 1.59. The molecule has 1 fully saturated rings. The number of benzene rings is 2. The molecule has 1 amide bonds. The molecular weight excluding hydrogens is 389 g/mol. The zero-order valence-corrected chi connectivity index (χ0v) is 15.9. The zero-order chi connectivity index (χ0) is 19.4. The maximum atomic E-state index is 12.4. The SMILES string of the molecule is O=C(/C=C/c1c(Cl)cccc1Cl)N1CCN(c2ccc([N+](=O)[O-])cc2)CC1. The smallest absolute Gasteiger partial charge is 0.269 e. The molecule has 27 heavy (non-hydrogen) atoms. The molecule has 2 aromatic carbocycles. The van der Waals surface area contributed by atoms with Crippen LogP contribution in [0.1, 0.15) is 5.56 Å². The fourth-order valence-corrected chi connectivity index (χ4v) is 3.42. The highest BCUT2D eigenvalue weighted by Gasteiger charge is 2.20. The summed E-state index contributed by atoms with van der Waals surface area (Å²) in [6.07, 6.45) is 3.12. The Morgan fingerprint density at radius 2 is 1.59 bits per heavy atom. The number of carbonyl (C=O) groups excluding carboxylic acids is 1. The van der Waals surface area contributed by atoms with Gasteiger partial charge in [-0.1, -0.05) is 29.3 Å². The van der Waals surface area contributed by atoms with Gasteiger partial charge in [0, 0.05) is 65.7 Å². The highest BCUT2D eigenvalue weighted by atomic mass is 35.5. The predicted octanol–water partition coefficient (Wildman–Crippen LogP) is 4.26. The monoisotopic (exact) mass is 405 g/mol. The van der Waals surface area contributed by atoms with Gasteiger partial charge >= 0.3 is 0 Å². The molecule has 8 heteroatoms. The van der Waals surface area contributed by atoms with E-state index in [9.17, 15) is 14.9 Å². The van der Waals surface area contributed by atoms with Crippen LogP contribution in [0.25, 0.3) is 6.08 Å². The molecule has 140 valence electrons. The number of carbonyl (C=O) groups is 1. The van der Waals surface area contributed by atoms with Gasteiger partial charge in [0.05, 0.1) is 4.92 Å². The molecule has 0 aliphatic carbocycles. The van der Waals surface area contributed by atoms with Gasteiger partial charge in [0.2, 0.25) is 5.91 Å². The third kappa shape index (κ3) is 4.59. The van der Waals surface area contributed by atoms with Crippen LogP contribution in [0.3, 0.4) is 0 Å². The molecule has 0 saturated carbocycles. The minimum absolute atomic E-state index is 0.0657. The van der Waals surface area contributed by atoms with Crippen LogP contribution in [0.4, 0.5) is 11.4 Å². The van der Waals surface area contributed by atoms with Gasteiger partial charge in [-0.2, -0.15) is 0 Å². The van der Waals surface area contributed by atoms with Crippen molar-refractivity contribution in [2.24, 2.45) is 0 Å².